The van der Waals surface area contributed by atoms with Crippen molar-refractivity contribution in [2.45, 2.75) is 26.4 Å². The zero-order valence-corrected chi connectivity index (χ0v) is 20.9. The first-order chi connectivity index (χ1) is 14.4. The first-order valence-corrected chi connectivity index (χ1v) is 12.5. The van der Waals surface area contributed by atoms with Crippen molar-refractivity contribution in [1.29, 1.82) is 0 Å². The summed E-state index contributed by atoms with van der Waals surface area (Å²) in [5, 5.41) is 3.08. The van der Waals surface area contributed by atoms with Crippen LogP contribution in [0, 0.1) is 6.92 Å². The molecule has 10 heteroatoms. The van der Waals surface area contributed by atoms with Crippen LogP contribution in [0.25, 0.3) is 0 Å². The van der Waals surface area contributed by atoms with Crippen LogP contribution in [-0.4, -0.2) is 51.0 Å². The van der Waals surface area contributed by atoms with E-state index in [2.05, 4.69) is 21.2 Å². The molecule has 0 heterocycles. The summed E-state index contributed by atoms with van der Waals surface area (Å²) in [7, 11) is -2.27. The van der Waals surface area contributed by atoms with Gasteiger partial charge in [0.1, 0.15) is 12.6 Å². The molecule has 1 atom stereocenters. The molecule has 7 nitrogen and oxygen atoms in total. The molecule has 0 aliphatic heterocycles. The minimum Gasteiger partial charge on any atom is -0.357 e. The third kappa shape index (κ3) is 6.69. The molecule has 0 aromatic heterocycles. The SMILES string of the molecule is CNC(=O)[C@@H](C)N(Cc1ccc(Cl)cc1)C(=O)CN(c1ccc(Br)c(C)c1)S(C)(=O)=O. The minimum absolute atomic E-state index is 0.127. The average Bonchev–Trinajstić information content (AvgIpc) is 2.71. The molecule has 0 radical (unpaired) electrons. The summed E-state index contributed by atoms with van der Waals surface area (Å²) >= 11 is 9.33. The van der Waals surface area contributed by atoms with Gasteiger partial charge in [-0.25, -0.2) is 8.42 Å². The number of carbonyl (C=O) groups excluding carboxylic acids is 2. The third-order valence-corrected chi connectivity index (χ3v) is 7.07. The van der Waals surface area contributed by atoms with Gasteiger partial charge in [-0.05, 0) is 55.3 Å². The maximum atomic E-state index is 13.3. The van der Waals surface area contributed by atoms with Crippen LogP contribution >= 0.6 is 27.5 Å². The largest absolute Gasteiger partial charge is 0.357 e. The zero-order chi connectivity index (χ0) is 23.3. The van der Waals surface area contributed by atoms with Crippen LogP contribution in [-0.2, 0) is 26.2 Å². The second kappa shape index (κ2) is 10.5. The van der Waals surface area contributed by atoms with Gasteiger partial charge in [-0.15, -0.1) is 0 Å². The predicted molar refractivity (Wildman–Crippen MR) is 127 cm³/mol. The Morgan fingerprint density at radius 1 is 1.16 bits per heavy atom. The van der Waals surface area contributed by atoms with Gasteiger partial charge in [0.15, 0.2) is 0 Å². The highest BCUT2D eigenvalue weighted by molar-refractivity contribution is 9.10. The molecule has 2 aromatic rings. The molecular weight excluding hydrogens is 506 g/mol. The third-order valence-electron chi connectivity index (χ3n) is 4.79. The highest BCUT2D eigenvalue weighted by Gasteiger charge is 2.29. The number of aryl methyl sites for hydroxylation is 1. The smallest absolute Gasteiger partial charge is 0.244 e. The Bertz CT molecular complexity index is 1060. The Morgan fingerprint density at radius 2 is 1.77 bits per heavy atom. The van der Waals surface area contributed by atoms with E-state index in [4.69, 9.17) is 11.6 Å². The van der Waals surface area contributed by atoms with Gasteiger partial charge in [-0.1, -0.05) is 39.7 Å². The van der Waals surface area contributed by atoms with E-state index < -0.39 is 28.5 Å². The summed E-state index contributed by atoms with van der Waals surface area (Å²) in [6.45, 7) is 3.12. The number of hydrogen-bond acceptors (Lipinski definition) is 4. The van der Waals surface area contributed by atoms with E-state index in [1.807, 2.05) is 6.92 Å². The van der Waals surface area contributed by atoms with Crippen LogP contribution in [0.4, 0.5) is 5.69 Å². The number of anilines is 1. The Balaban J connectivity index is 2.39. The molecule has 2 aromatic carbocycles. The topological polar surface area (TPSA) is 86.8 Å². The van der Waals surface area contributed by atoms with Crippen LogP contribution in [0.15, 0.2) is 46.9 Å². The van der Waals surface area contributed by atoms with Gasteiger partial charge in [-0.2, -0.15) is 0 Å². The van der Waals surface area contributed by atoms with Gasteiger partial charge in [0.05, 0.1) is 11.9 Å². The zero-order valence-electron chi connectivity index (χ0n) is 17.7. The summed E-state index contributed by atoms with van der Waals surface area (Å²) in [5.74, 6) is -0.857. The predicted octanol–water partition coefficient (Wildman–Crippen LogP) is 3.34. The van der Waals surface area contributed by atoms with Gasteiger partial charge in [0.25, 0.3) is 0 Å². The summed E-state index contributed by atoms with van der Waals surface area (Å²) in [6, 6.07) is 11.1. The number of hydrogen-bond donors (Lipinski definition) is 1. The second-order valence-electron chi connectivity index (χ2n) is 7.14. The quantitative estimate of drug-likeness (QED) is 0.567. The van der Waals surface area contributed by atoms with Crippen molar-refractivity contribution in [3.05, 3.63) is 63.1 Å². The molecule has 0 aliphatic carbocycles. The molecule has 0 saturated carbocycles. The monoisotopic (exact) mass is 529 g/mol. The molecule has 0 saturated heterocycles. The lowest BCUT2D eigenvalue weighted by Gasteiger charge is -2.31. The van der Waals surface area contributed by atoms with Gasteiger partial charge in [0, 0.05) is 23.1 Å². The van der Waals surface area contributed by atoms with E-state index >= 15 is 0 Å². The van der Waals surface area contributed by atoms with E-state index in [9.17, 15) is 18.0 Å². The number of likely N-dealkylation sites (N-methyl/N-ethyl adjacent to an activating group) is 1. The first-order valence-electron chi connectivity index (χ1n) is 9.43. The van der Waals surface area contributed by atoms with Crippen LogP contribution in [0.2, 0.25) is 5.02 Å². The molecule has 0 fully saturated rings. The normalized spacial score (nSPS) is 12.2. The highest BCUT2D eigenvalue weighted by Crippen LogP contribution is 2.25. The highest BCUT2D eigenvalue weighted by atomic mass is 79.9. The molecule has 2 rings (SSSR count). The van der Waals surface area contributed by atoms with Crippen LogP contribution in [0.3, 0.4) is 0 Å². The van der Waals surface area contributed by atoms with Crippen molar-refractivity contribution < 1.29 is 18.0 Å². The summed E-state index contributed by atoms with van der Waals surface area (Å²) in [4.78, 5) is 26.9. The molecule has 0 bridgehead atoms. The Kier molecular flexibility index (Phi) is 8.50. The Hall–Kier alpha value is -2.10. The maximum absolute atomic E-state index is 13.3. The first kappa shape index (κ1) is 25.2. The molecular formula is C21H25BrClN3O4S. The van der Waals surface area contributed by atoms with Gasteiger partial charge in [-0.3, -0.25) is 13.9 Å². The number of amides is 2. The van der Waals surface area contributed by atoms with E-state index in [-0.39, 0.29) is 12.5 Å². The number of nitrogens with zero attached hydrogens (tertiary/aromatic N) is 2. The van der Waals surface area contributed by atoms with Crippen molar-refractivity contribution >= 4 is 55.1 Å². The van der Waals surface area contributed by atoms with Crippen molar-refractivity contribution in [3.8, 4) is 0 Å². The number of sulfonamides is 1. The van der Waals surface area contributed by atoms with E-state index in [1.54, 1.807) is 49.4 Å². The second-order valence-corrected chi connectivity index (χ2v) is 10.3. The number of benzene rings is 2. The van der Waals surface area contributed by atoms with Gasteiger partial charge < -0.3 is 10.2 Å². The lowest BCUT2D eigenvalue weighted by Crippen LogP contribution is -2.50. The van der Waals surface area contributed by atoms with E-state index in [0.717, 1.165) is 26.2 Å². The maximum Gasteiger partial charge on any atom is 0.244 e. The molecule has 31 heavy (non-hydrogen) atoms. The fraction of sp³-hybridized carbons (Fsp3) is 0.333. The summed E-state index contributed by atoms with van der Waals surface area (Å²) < 4.78 is 26.9. The van der Waals surface area contributed by atoms with Gasteiger partial charge >= 0.3 is 0 Å². The fourth-order valence-corrected chi connectivity index (χ4v) is 4.19. The standard InChI is InChI=1S/C21H25BrClN3O4S/c1-14-11-18(9-10-19(14)22)26(31(4,29)30)13-20(27)25(15(2)21(28)24-3)12-16-5-7-17(23)8-6-16/h5-11,15H,12-13H2,1-4H3,(H,24,28)/t15-/m1/s1. The van der Waals surface area contributed by atoms with E-state index in [1.165, 1.54) is 11.9 Å². The van der Waals surface area contributed by atoms with Crippen LogP contribution in [0.5, 0.6) is 0 Å². The molecule has 2 amide bonds. The minimum atomic E-state index is -3.75. The van der Waals surface area contributed by atoms with Gasteiger partial charge in [0.2, 0.25) is 21.8 Å². The number of nitrogens with one attached hydrogen (secondary N) is 1. The van der Waals surface area contributed by atoms with E-state index in [0.29, 0.717) is 10.7 Å². The van der Waals surface area contributed by atoms with Crippen LogP contribution in [0.1, 0.15) is 18.1 Å². The van der Waals surface area contributed by atoms with Crippen molar-refractivity contribution in [3.63, 3.8) is 0 Å². The Morgan fingerprint density at radius 3 is 2.29 bits per heavy atom. The van der Waals surface area contributed by atoms with Crippen LogP contribution < -0.4 is 9.62 Å². The fourth-order valence-electron chi connectivity index (χ4n) is 2.98. The Labute approximate surface area is 196 Å². The van der Waals surface area contributed by atoms with Crippen molar-refractivity contribution in [2.75, 3.05) is 24.2 Å². The van der Waals surface area contributed by atoms with Crippen molar-refractivity contribution in [1.82, 2.24) is 10.2 Å². The average molecular weight is 531 g/mol. The molecule has 0 spiro atoms. The number of halogens is 2. The molecule has 168 valence electrons. The molecule has 0 unspecified atom stereocenters. The summed E-state index contributed by atoms with van der Waals surface area (Å²) in [6.07, 6.45) is 1.05. The lowest BCUT2D eigenvalue weighted by atomic mass is 10.1. The molecule has 1 N–H and O–H groups in total. The number of carbonyl (C=O) groups is 2. The lowest BCUT2D eigenvalue weighted by molar-refractivity contribution is -0.139. The number of rotatable bonds is 8. The summed E-state index contributed by atoms with van der Waals surface area (Å²) in [5.41, 5.74) is 1.96. The molecule has 0 aliphatic rings. The van der Waals surface area contributed by atoms with Crippen molar-refractivity contribution in [2.24, 2.45) is 0 Å².